The summed E-state index contributed by atoms with van der Waals surface area (Å²) in [6.45, 7) is 0.415. The van der Waals surface area contributed by atoms with Gasteiger partial charge < -0.3 is 14.4 Å². The van der Waals surface area contributed by atoms with E-state index in [-0.39, 0.29) is 23.1 Å². The van der Waals surface area contributed by atoms with Crippen molar-refractivity contribution in [1.29, 1.82) is 5.26 Å². The minimum atomic E-state index is -3.80. The molecule has 3 aromatic rings. The van der Waals surface area contributed by atoms with Crippen LogP contribution in [0.3, 0.4) is 0 Å². The topological polar surface area (TPSA) is 123 Å². The molecule has 1 saturated heterocycles. The van der Waals surface area contributed by atoms with Gasteiger partial charge in [0, 0.05) is 30.6 Å². The van der Waals surface area contributed by atoms with Crippen LogP contribution < -0.4 is 19.5 Å². The van der Waals surface area contributed by atoms with E-state index in [1.807, 2.05) is 6.07 Å². The Morgan fingerprint density at radius 1 is 1.06 bits per heavy atom. The lowest BCUT2D eigenvalue weighted by molar-refractivity contribution is -0.117. The number of amides is 1. The molecule has 3 aromatic carbocycles. The van der Waals surface area contributed by atoms with Gasteiger partial charge in [0.1, 0.15) is 23.3 Å². The van der Waals surface area contributed by atoms with Gasteiger partial charge in [0.2, 0.25) is 15.9 Å². The monoisotopic (exact) mass is 463 g/mol. The van der Waals surface area contributed by atoms with E-state index in [0.29, 0.717) is 35.0 Å². The number of nitrogens with zero attached hydrogens (tertiary/aromatic N) is 2. The van der Waals surface area contributed by atoms with Crippen molar-refractivity contribution in [3.05, 3.63) is 77.9 Å². The first-order chi connectivity index (χ1) is 15.8. The number of rotatable bonds is 6. The smallest absolute Gasteiger partial charge is 0.238 e. The van der Waals surface area contributed by atoms with Crippen LogP contribution in [0, 0.1) is 11.3 Å². The third-order valence-electron chi connectivity index (χ3n) is 5.47. The molecule has 0 unspecified atom stereocenters. The Morgan fingerprint density at radius 3 is 2.45 bits per heavy atom. The molecule has 0 radical (unpaired) electrons. The quantitative estimate of drug-likeness (QED) is 0.597. The molecule has 2 N–H and O–H groups in total. The zero-order valence-electron chi connectivity index (χ0n) is 17.8. The molecule has 1 amide bonds. The number of nitriles is 1. The average molecular weight is 464 g/mol. The lowest BCUT2D eigenvalue weighted by Gasteiger charge is -2.18. The Hall–Kier alpha value is -3.87. The molecule has 8 nitrogen and oxygen atoms in total. The number of primary sulfonamides is 1. The molecular formula is C24H21N3O5S. The molecule has 1 fully saturated rings. The summed E-state index contributed by atoms with van der Waals surface area (Å²) in [7, 11) is -2.24. The Labute approximate surface area is 191 Å². The predicted octanol–water partition coefficient (Wildman–Crippen LogP) is 3.53. The van der Waals surface area contributed by atoms with E-state index in [9.17, 15) is 18.5 Å². The highest BCUT2D eigenvalue weighted by Crippen LogP contribution is 2.36. The second-order valence-corrected chi connectivity index (χ2v) is 9.15. The van der Waals surface area contributed by atoms with Crippen LogP contribution in [0.25, 0.3) is 0 Å². The third kappa shape index (κ3) is 4.82. The minimum absolute atomic E-state index is 0.0131. The van der Waals surface area contributed by atoms with Crippen LogP contribution in [0.4, 0.5) is 5.69 Å². The van der Waals surface area contributed by atoms with E-state index in [1.54, 1.807) is 60.5 Å². The standard InChI is InChI=1S/C24H21N3O5S/c1-31-20-3-2-4-21(13-20)32-23-11-16(5-6-17(23)14-25)18-12-24(28)27(15-18)19-7-9-22(10-8-19)33(26,29)30/h2-11,13,18H,12,15H2,1H3,(H2,26,29,30)/t18-/m0/s1. The van der Waals surface area contributed by atoms with Crippen molar-refractivity contribution >= 4 is 21.6 Å². The van der Waals surface area contributed by atoms with Crippen molar-refractivity contribution in [3.8, 4) is 23.3 Å². The van der Waals surface area contributed by atoms with Crippen molar-refractivity contribution in [2.45, 2.75) is 17.2 Å². The van der Waals surface area contributed by atoms with E-state index >= 15 is 0 Å². The molecule has 33 heavy (non-hydrogen) atoms. The lowest BCUT2D eigenvalue weighted by atomic mass is 9.96. The highest BCUT2D eigenvalue weighted by Gasteiger charge is 2.32. The van der Waals surface area contributed by atoms with Crippen molar-refractivity contribution in [3.63, 3.8) is 0 Å². The van der Waals surface area contributed by atoms with Crippen molar-refractivity contribution in [1.82, 2.24) is 0 Å². The van der Waals surface area contributed by atoms with Crippen LogP contribution in [-0.4, -0.2) is 28.0 Å². The van der Waals surface area contributed by atoms with Crippen LogP contribution in [0.15, 0.2) is 71.6 Å². The number of ether oxygens (including phenoxy) is 2. The molecule has 1 aliphatic heterocycles. The Bertz CT molecular complexity index is 1350. The van der Waals surface area contributed by atoms with Gasteiger partial charge in [0.05, 0.1) is 17.6 Å². The van der Waals surface area contributed by atoms with E-state index in [4.69, 9.17) is 14.6 Å². The summed E-state index contributed by atoms with van der Waals surface area (Å²) in [5, 5.41) is 14.6. The summed E-state index contributed by atoms with van der Waals surface area (Å²) in [4.78, 5) is 14.3. The van der Waals surface area contributed by atoms with Crippen molar-refractivity contribution < 1.29 is 22.7 Å². The largest absolute Gasteiger partial charge is 0.497 e. The predicted molar refractivity (Wildman–Crippen MR) is 122 cm³/mol. The fourth-order valence-electron chi connectivity index (χ4n) is 3.76. The van der Waals surface area contributed by atoms with Crippen molar-refractivity contribution in [2.75, 3.05) is 18.6 Å². The van der Waals surface area contributed by atoms with E-state index < -0.39 is 10.0 Å². The first kappa shape index (κ1) is 22.3. The number of nitrogens with two attached hydrogens (primary N) is 1. The molecule has 1 heterocycles. The fourth-order valence-corrected chi connectivity index (χ4v) is 4.27. The molecular weight excluding hydrogens is 442 g/mol. The van der Waals surface area contributed by atoms with Gasteiger partial charge in [-0.1, -0.05) is 12.1 Å². The molecule has 0 bridgehead atoms. The van der Waals surface area contributed by atoms with Crippen LogP contribution in [0.5, 0.6) is 17.2 Å². The van der Waals surface area contributed by atoms with Crippen LogP contribution in [0.2, 0.25) is 0 Å². The summed E-state index contributed by atoms with van der Waals surface area (Å²) in [5.41, 5.74) is 1.83. The van der Waals surface area contributed by atoms with E-state index in [1.165, 1.54) is 12.1 Å². The molecule has 1 atom stereocenters. The first-order valence-corrected chi connectivity index (χ1v) is 11.6. The fraction of sp³-hybridized carbons (Fsp3) is 0.167. The average Bonchev–Trinajstić information content (AvgIpc) is 3.20. The van der Waals surface area contributed by atoms with Gasteiger partial charge in [-0.05, 0) is 54.1 Å². The Morgan fingerprint density at radius 2 is 1.79 bits per heavy atom. The minimum Gasteiger partial charge on any atom is -0.497 e. The molecule has 0 spiro atoms. The number of anilines is 1. The Kier molecular flexibility index (Phi) is 6.05. The summed E-state index contributed by atoms with van der Waals surface area (Å²) >= 11 is 0. The third-order valence-corrected chi connectivity index (χ3v) is 6.40. The number of hydrogen-bond donors (Lipinski definition) is 1. The highest BCUT2D eigenvalue weighted by molar-refractivity contribution is 7.89. The van der Waals surface area contributed by atoms with Gasteiger partial charge in [-0.25, -0.2) is 13.6 Å². The SMILES string of the molecule is COc1cccc(Oc2cc([C@H]3CC(=O)N(c4ccc(S(N)(=O)=O)cc4)C3)ccc2C#N)c1. The maximum atomic E-state index is 12.7. The Balaban J connectivity index is 1.57. The van der Waals surface area contributed by atoms with Crippen LogP contribution >= 0.6 is 0 Å². The second kappa shape index (κ2) is 8.94. The maximum absolute atomic E-state index is 12.7. The van der Waals surface area contributed by atoms with Crippen molar-refractivity contribution in [2.24, 2.45) is 5.14 Å². The summed E-state index contributed by atoms with van der Waals surface area (Å²) < 4.78 is 34.1. The zero-order valence-corrected chi connectivity index (χ0v) is 18.6. The van der Waals surface area contributed by atoms with Gasteiger partial charge in [0.15, 0.2) is 0 Å². The molecule has 0 aliphatic carbocycles. The normalized spacial score (nSPS) is 15.8. The molecule has 0 aromatic heterocycles. The van der Waals surface area contributed by atoms with Gasteiger partial charge in [-0.2, -0.15) is 5.26 Å². The second-order valence-electron chi connectivity index (χ2n) is 7.59. The number of sulfonamides is 1. The summed E-state index contributed by atoms with van der Waals surface area (Å²) in [6.07, 6.45) is 0.279. The number of benzene rings is 3. The summed E-state index contributed by atoms with van der Waals surface area (Å²) in [5.74, 6) is 1.36. The zero-order chi connectivity index (χ0) is 23.6. The van der Waals surface area contributed by atoms with Gasteiger partial charge in [-0.15, -0.1) is 0 Å². The molecule has 168 valence electrons. The van der Waals surface area contributed by atoms with Gasteiger partial charge in [0.25, 0.3) is 0 Å². The van der Waals surface area contributed by atoms with Gasteiger partial charge in [-0.3, -0.25) is 4.79 Å². The van der Waals surface area contributed by atoms with Crippen LogP contribution in [0.1, 0.15) is 23.5 Å². The molecule has 1 aliphatic rings. The first-order valence-electron chi connectivity index (χ1n) is 10.1. The van der Waals surface area contributed by atoms with E-state index in [2.05, 4.69) is 6.07 Å². The number of hydrogen-bond acceptors (Lipinski definition) is 6. The molecule has 0 saturated carbocycles. The highest BCUT2D eigenvalue weighted by atomic mass is 32.2. The molecule has 4 rings (SSSR count). The molecule has 9 heteroatoms. The summed E-state index contributed by atoms with van der Waals surface area (Å²) in [6, 6.07) is 20.4. The number of methoxy groups -OCH3 is 1. The number of carbonyl (C=O) groups is 1. The van der Waals surface area contributed by atoms with E-state index in [0.717, 1.165) is 5.56 Å². The maximum Gasteiger partial charge on any atom is 0.238 e. The number of carbonyl (C=O) groups excluding carboxylic acids is 1. The van der Waals surface area contributed by atoms with Crippen LogP contribution in [-0.2, 0) is 14.8 Å². The van der Waals surface area contributed by atoms with Gasteiger partial charge >= 0.3 is 0 Å². The lowest BCUT2D eigenvalue weighted by Crippen LogP contribution is -2.24.